The first-order valence-electron chi connectivity index (χ1n) is 15.0. The Morgan fingerprint density at radius 2 is 0.833 bits per heavy atom. The quantitative estimate of drug-likeness (QED) is 0.108. The lowest BCUT2D eigenvalue weighted by Crippen LogP contribution is -2.58. The van der Waals surface area contributed by atoms with E-state index in [1.54, 1.807) is 0 Å². The van der Waals surface area contributed by atoms with Crippen LogP contribution in [0.5, 0.6) is 0 Å². The normalized spacial score (nSPS) is 20.0. The van der Waals surface area contributed by atoms with Gasteiger partial charge in [0.25, 0.3) is 0 Å². The minimum absolute atomic E-state index is 0.0527. The Hall–Kier alpha value is -4.89. The third kappa shape index (κ3) is 16.1. The molecule has 21 nitrogen and oxygen atoms in total. The molecule has 0 radical (unpaired) electrons. The number of carbonyl (C=O) groups excluding carboxylic acids is 9. The maximum atomic E-state index is 13.5. The van der Waals surface area contributed by atoms with Crippen molar-refractivity contribution >= 4 is 53.2 Å². The average molecular weight is 685 g/mol. The molecule has 0 aromatic heterocycles. The Balaban J connectivity index is 3.36. The van der Waals surface area contributed by atoms with Gasteiger partial charge in [0.05, 0.1) is 19.6 Å². The van der Waals surface area contributed by atoms with Crippen LogP contribution >= 0.6 is 0 Å². The zero-order valence-corrected chi connectivity index (χ0v) is 27.0. The molecule has 0 bridgehead atoms. The summed E-state index contributed by atoms with van der Waals surface area (Å²) >= 11 is 0. The molecule has 0 aliphatic carbocycles. The molecular formula is C27H42N9O12-3. The summed E-state index contributed by atoms with van der Waals surface area (Å²) in [6, 6.07) is -4.24. The predicted octanol–water partition coefficient (Wildman–Crippen LogP) is -3.82. The van der Waals surface area contributed by atoms with Gasteiger partial charge >= 0.3 is 0 Å². The summed E-state index contributed by atoms with van der Waals surface area (Å²) in [5, 5.41) is 48.1. The van der Waals surface area contributed by atoms with Crippen molar-refractivity contribution < 1.29 is 43.2 Å². The fourth-order valence-corrected chi connectivity index (χ4v) is 4.21. The first kappa shape index (κ1) is 41.1. The van der Waals surface area contributed by atoms with Crippen molar-refractivity contribution in [1.82, 2.24) is 47.1 Å². The summed E-state index contributed by atoms with van der Waals surface area (Å²) in [5.74, 6) is -7.58. The molecule has 0 aromatic rings. The molecule has 48 heavy (non-hydrogen) atoms. The lowest BCUT2D eigenvalue weighted by molar-refractivity contribution is -0.135. The van der Waals surface area contributed by atoms with E-state index < -0.39 is 90.9 Å². The van der Waals surface area contributed by atoms with Crippen molar-refractivity contribution in [3.8, 4) is 0 Å². The minimum atomic E-state index is -1.46. The van der Waals surface area contributed by atoms with Crippen molar-refractivity contribution in [3.63, 3.8) is 0 Å². The first-order chi connectivity index (χ1) is 22.5. The molecule has 9 amide bonds. The third-order valence-corrected chi connectivity index (χ3v) is 6.94. The van der Waals surface area contributed by atoms with Gasteiger partial charge in [0.2, 0.25) is 53.2 Å². The molecule has 1 heterocycles. The maximum absolute atomic E-state index is 13.5. The summed E-state index contributed by atoms with van der Waals surface area (Å²) in [4.78, 5) is 112. The van der Waals surface area contributed by atoms with Crippen molar-refractivity contribution in [1.29, 1.82) is 0 Å². The Bertz CT molecular complexity index is 1170. The SMILES string of the molecule is CN([O-])C(=O)CCC[C@@H]1NC(=O)[C@@H](CCCC(=O)N(C)[O-])NC(=O)CNC(=O)CNC(=O)CNC(=O)[C@@H](CCCC(=O)N(C)[O-])NC1=O. The molecule has 1 aliphatic rings. The number of rotatable bonds is 12. The van der Waals surface area contributed by atoms with Crippen LogP contribution in [0, 0.1) is 15.6 Å². The molecule has 270 valence electrons. The molecule has 1 rings (SSSR count). The van der Waals surface area contributed by atoms with Crippen molar-refractivity contribution in [3.05, 3.63) is 15.6 Å². The van der Waals surface area contributed by atoms with Gasteiger partial charge in [0.1, 0.15) is 18.1 Å². The van der Waals surface area contributed by atoms with Crippen LogP contribution in [-0.4, -0.2) is 127 Å². The van der Waals surface area contributed by atoms with Gasteiger partial charge in [-0.25, -0.2) is 0 Å². The van der Waals surface area contributed by atoms with Crippen LogP contribution in [0.15, 0.2) is 0 Å². The molecule has 0 spiro atoms. The van der Waals surface area contributed by atoms with E-state index in [9.17, 15) is 58.8 Å². The second kappa shape index (κ2) is 21.1. The molecule has 1 saturated heterocycles. The Morgan fingerprint density at radius 1 is 0.521 bits per heavy atom. The van der Waals surface area contributed by atoms with Crippen LogP contribution in [-0.2, 0) is 43.2 Å². The second-order valence-electron chi connectivity index (χ2n) is 10.9. The van der Waals surface area contributed by atoms with E-state index in [4.69, 9.17) is 0 Å². The van der Waals surface area contributed by atoms with Crippen LogP contribution in [0.1, 0.15) is 57.8 Å². The van der Waals surface area contributed by atoms with Crippen LogP contribution in [0.3, 0.4) is 0 Å². The average Bonchev–Trinajstić information content (AvgIpc) is 3.02. The van der Waals surface area contributed by atoms with E-state index >= 15 is 0 Å². The van der Waals surface area contributed by atoms with E-state index in [2.05, 4.69) is 31.9 Å². The molecule has 6 N–H and O–H groups in total. The van der Waals surface area contributed by atoms with Crippen LogP contribution < -0.4 is 31.9 Å². The molecule has 21 heteroatoms. The summed E-state index contributed by atoms with van der Waals surface area (Å²) in [6.45, 7) is -1.83. The summed E-state index contributed by atoms with van der Waals surface area (Å²) in [7, 11) is 2.96. The van der Waals surface area contributed by atoms with Crippen molar-refractivity contribution in [2.75, 3.05) is 40.8 Å². The molecular weight excluding hydrogens is 642 g/mol. The molecule has 1 aliphatic heterocycles. The largest absolute Gasteiger partial charge is 0.756 e. The van der Waals surface area contributed by atoms with E-state index in [-0.39, 0.29) is 73.0 Å². The fourth-order valence-electron chi connectivity index (χ4n) is 4.21. The number of nitrogens with one attached hydrogen (secondary N) is 6. The first-order valence-corrected chi connectivity index (χ1v) is 15.0. The zero-order chi connectivity index (χ0) is 36.4. The van der Waals surface area contributed by atoms with Gasteiger partial charge in [0.15, 0.2) is 0 Å². The zero-order valence-electron chi connectivity index (χ0n) is 27.0. The molecule has 1 fully saturated rings. The number of carbonyl (C=O) groups is 9. The number of hydrogen-bond donors (Lipinski definition) is 6. The summed E-state index contributed by atoms with van der Waals surface area (Å²) in [6.07, 6.45) is -1.69. The Kier molecular flexibility index (Phi) is 18.1. The molecule has 0 unspecified atom stereocenters. The highest BCUT2D eigenvalue weighted by Gasteiger charge is 2.30. The topological polar surface area (TPSA) is 305 Å². The number of nitrogens with zero attached hydrogens (tertiary/aromatic N) is 3. The van der Waals surface area contributed by atoms with Crippen LogP contribution in [0.25, 0.3) is 0 Å². The summed E-state index contributed by atoms with van der Waals surface area (Å²) in [5.41, 5.74) is 0. The highest BCUT2D eigenvalue weighted by Crippen LogP contribution is 2.10. The highest BCUT2D eigenvalue weighted by atomic mass is 16.5. The van der Waals surface area contributed by atoms with E-state index in [1.165, 1.54) is 0 Å². The third-order valence-electron chi connectivity index (χ3n) is 6.94. The van der Waals surface area contributed by atoms with Gasteiger partial charge in [-0.2, -0.15) is 0 Å². The predicted molar refractivity (Wildman–Crippen MR) is 165 cm³/mol. The van der Waals surface area contributed by atoms with Crippen molar-refractivity contribution in [2.24, 2.45) is 0 Å². The van der Waals surface area contributed by atoms with Gasteiger partial charge in [-0.15, -0.1) is 0 Å². The smallest absolute Gasteiger partial charge is 0.243 e. The second-order valence-corrected chi connectivity index (χ2v) is 10.9. The van der Waals surface area contributed by atoms with Gasteiger partial charge < -0.3 is 62.7 Å². The Morgan fingerprint density at radius 3 is 1.21 bits per heavy atom. The minimum Gasteiger partial charge on any atom is -0.756 e. The molecule has 0 saturated carbocycles. The van der Waals surface area contributed by atoms with E-state index in [0.29, 0.717) is 0 Å². The van der Waals surface area contributed by atoms with Gasteiger partial charge in [-0.3, -0.25) is 43.2 Å². The van der Waals surface area contributed by atoms with Crippen LogP contribution in [0.2, 0.25) is 0 Å². The number of hydroxylamine groups is 6. The standard InChI is InChI=1S/C27H42N9O12/c1-34(46)22(40)10-4-7-16-25(43)30-14-20(38)28-13-19(37)29-15-21(39)31-17(8-5-11-23(41)35(2)47)26(44)33-18(27(45)32-16)9-6-12-24(42)36(3)48/h16-18H,4-15H2,1-3H3,(H,28,38)(H,29,37)(H,30,43)(H,31,39)(H,32,45)(H,33,44)/q-3/t16-,17-,18+/m1/s1. The summed E-state index contributed by atoms with van der Waals surface area (Å²) < 4.78 is 0. The molecule has 3 atom stereocenters. The fraction of sp³-hybridized carbons (Fsp3) is 0.667. The van der Waals surface area contributed by atoms with E-state index in [0.717, 1.165) is 21.1 Å². The number of amides is 9. The lowest BCUT2D eigenvalue weighted by Gasteiger charge is -2.27. The van der Waals surface area contributed by atoms with Gasteiger partial charge in [-0.1, -0.05) is 0 Å². The van der Waals surface area contributed by atoms with E-state index in [1.807, 2.05) is 0 Å². The van der Waals surface area contributed by atoms with Crippen molar-refractivity contribution in [2.45, 2.75) is 75.9 Å². The number of hydrogen-bond acceptors (Lipinski definition) is 12. The van der Waals surface area contributed by atoms with Crippen LogP contribution in [0.4, 0.5) is 0 Å². The maximum Gasteiger partial charge on any atom is 0.243 e. The van der Waals surface area contributed by atoms with Gasteiger partial charge in [0, 0.05) is 19.3 Å². The Labute approximate surface area is 275 Å². The molecule has 0 aromatic carbocycles. The lowest BCUT2D eigenvalue weighted by atomic mass is 10.0. The van der Waals surface area contributed by atoms with Gasteiger partial charge in [-0.05, 0) is 59.7 Å². The highest BCUT2D eigenvalue weighted by molar-refractivity contribution is 5.96. The monoisotopic (exact) mass is 684 g/mol.